The van der Waals surface area contributed by atoms with Gasteiger partial charge in [-0.1, -0.05) is 23.7 Å². The Kier molecular flexibility index (Phi) is 7.75. The molecule has 0 aromatic heterocycles. The van der Waals surface area contributed by atoms with E-state index in [2.05, 4.69) is 5.32 Å². The zero-order valence-electron chi connectivity index (χ0n) is 19.0. The third-order valence-corrected chi connectivity index (χ3v) is 8.38. The van der Waals surface area contributed by atoms with Gasteiger partial charge in [0.1, 0.15) is 5.82 Å². The van der Waals surface area contributed by atoms with E-state index in [4.69, 9.17) is 22.1 Å². The highest BCUT2D eigenvalue weighted by atomic mass is 35.5. The third-order valence-electron chi connectivity index (χ3n) is 6.33. The maximum Gasteiger partial charge on any atom is 0.254 e. The van der Waals surface area contributed by atoms with Crippen LogP contribution in [0.5, 0.6) is 0 Å². The van der Waals surface area contributed by atoms with Crippen molar-refractivity contribution in [2.45, 2.75) is 36.7 Å². The van der Waals surface area contributed by atoms with E-state index in [0.29, 0.717) is 36.3 Å². The molecule has 35 heavy (non-hydrogen) atoms. The Bertz CT molecular complexity index is 1220. The standard InChI is InChI=1S/C24H27ClFN3O5S/c25-17-3-1-16(2-4-17)13-29-21-11-18(23(30)28-8-5-15-6-9-34-10-7-15)19(26)12-22(21)35(32,33)14-20(27)24(29)31/h1-4,11-12,15,20H,5-10,13-14,27H2,(H,28,30)/t20-/m0/s1. The van der Waals surface area contributed by atoms with Gasteiger partial charge in [0, 0.05) is 24.8 Å². The molecule has 0 saturated carbocycles. The number of ether oxygens (including phenoxy) is 1. The Hall–Kier alpha value is -2.53. The minimum Gasteiger partial charge on any atom is -0.381 e. The number of hydrogen-bond donors (Lipinski definition) is 2. The number of carbonyl (C=O) groups excluding carboxylic acids is 2. The quantitative estimate of drug-likeness (QED) is 0.601. The number of sulfone groups is 1. The van der Waals surface area contributed by atoms with Crippen LogP contribution in [-0.4, -0.2) is 51.8 Å². The zero-order valence-corrected chi connectivity index (χ0v) is 20.6. The second-order valence-corrected chi connectivity index (χ2v) is 11.3. The summed E-state index contributed by atoms with van der Waals surface area (Å²) in [6.45, 7) is 1.69. The molecule has 188 valence electrons. The molecule has 0 spiro atoms. The molecule has 1 atom stereocenters. The minimum atomic E-state index is -4.08. The molecule has 2 aromatic carbocycles. The average Bonchev–Trinajstić information content (AvgIpc) is 2.89. The second kappa shape index (κ2) is 10.6. The molecule has 0 unspecified atom stereocenters. The van der Waals surface area contributed by atoms with Crippen LogP contribution in [0.1, 0.15) is 35.2 Å². The smallest absolute Gasteiger partial charge is 0.254 e. The Morgan fingerprint density at radius 1 is 1.20 bits per heavy atom. The van der Waals surface area contributed by atoms with Gasteiger partial charge in [0.25, 0.3) is 5.91 Å². The van der Waals surface area contributed by atoms with Crippen LogP contribution in [-0.2, 0) is 25.9 Å². The number of nitrogens with zero attached hydrogens (tertiary/aromatic N) is 1. The van der Waals surface area contributed by atoms with Crippen LogP contribution in [0.15, 0.2) is 41.3 Å². The van der Waals surface area contributed by atoms with E-state index in [1.165, 1.54) is 4.90 Å². The highest BCUT2D eigenvalue weighted by Gasteiger charge is 2.37. The Morgan fingerprint density at radius 2 is 1.89 bits per heavy atom. The van der Waals surface area contributed by atoms with Crippen molar-refractivity contribution in [3.05, 3.63) is 58.4 Å². The van der Waals surface area contributed by atoms with Crippen LogP contribution < -0.4 is 16.0 Å². The molecule has 8 nitrogen and oxygen atoms in total. The van der Waals surface area contributed by atoms with Gasteiger partial charge >= 0.3 is 0 Å². The van der Waals surface area contributed by atoms with Crippen LogP contribution in [0.4, 0.5) is 10.1 Å². The van der Waals surface area contributed by atoms with E-state index in [1.54, 1.807) is 24.3 Å². The molecule has 2 aromatic rings. The Labute approximate surface area is 208 Å². The number of fused-ring (bicyclic) bond motifs is 1. The molecule has 0 radical (unpaired) electrons. The van der Waals surface area contributed by atoms with Crippen LogP contribution >= 0.6 is 11.6 Å². The molecule has 1 saturated heterocycles. The summed E-state index contributed by atoms with van der Waals surface area (Å²) in [5, 5.41) is 3.21. The fourth-order valence-electron chi connectivity index (χ4n) is 4.35. The lowest BCUT2D eigenvalue weighted by molar-refractivity contribution is -0.119. The molecule has 2 aliphatic rings. The first-order chi connectivity index (χ1) is 16.7. The zero-order chi connectivity index (χ0) is 25.2. The summed E-state index contributed by atoms with van der Waals surface area (Å²) in [6.07, 6.45) is 2.54. The fourth-order valence-corrected chi connectivity index (χ4v) is 6.04. The lowest BCUT2D eigenvalue weighted by Crippen LogP contribution is -2.45. The fraction of sp³-hybridized carbons (Fsp3) is 0.417. The number of amides is 2. The molecular formula is C24H27ClFN3O5S. The van der Waals surface area contributed by atoms with Crippen molar-refractivity contribution in [1.29, 1.82) is 0 Å². The van der Waals surface area contributed by atoms with Crippen molar-refractivity contribution in [1.82, 2.24) is 5.32 Å². The number of rotatable bonds is 6. The van der Waals surface area contributed by atoms with Crippen LogP contribution in [0.3, 0.4) is 0 Å². The van der Waals surface area contributed by atoms with Gasteiger partial charge in [0.15, 0.2) is 9.84 Å². The van der Waals surface area contributed by atoms with Crippen molar-refractivity contribution in [2.24, 2.45) is 11.7 Å². The van der Waals surface area contributed by atoms with E-state index < -0.39 is 39.3 Å². The molecule has 2 aliphatic heterocycles. The van der Waals surface area contributed by atoms with Gasteiger partial charge in [-0.25, -0.2) is 12.8 Å². The number of halogens is 2. The van der Waals surface area contributed by atoms with E-state index in [9.17, 15) is 22.4 Å². The maximum atomic E-state index is 15.0. The second-order valence-electron chi connectivity index (χ2n) is 8.84. The van der Waals surface area contributed by atoms with Crippen LogP contribution in [0.25, 0.3) is 0 Å². The van der Waals surface area contributed by atoms with E-state index in [0.717, 1.165) is 31.4 Å². The maximum absolute atomic E-state index is 15.0. The minimum absolute atomic E-state index is 0.0251. The summed E-state index contributed by atoms with van der Waals surface area (Å²) >= 11 is 5.94. The topological polar surface area (TPSA) is 119 Å². The third kappa shape index (κ3) is 5.83. The average molecular weight is 524 g/mol. The summed E-state index contributed by atoms with van der Waals surface area (Å²) < 4.78 is 46.2. The van der Waals surface area contributed by atoms with Crippen molar-refractivity contribution in [3.8, 4) is 0 Å². The largest absolute Gasteiger partial charge is 0.381 e. The predicted molar refractivity (Wildman–Crippen MR) is 130 cm³/mol. The van der Waals surface area contributed by atoms with Gasteiger partial charge in [-0.3, -0.25) is 9.59 Å². The number of anilines is 1. The highest BCUT2D eigenvalue weighted by molar-refractivity contribution is 7.91. The van der Waals surface area contributed by atoms with Gasteiger partial charge in [0.05, 0.1) is 34.5 Å². The first-order valence-corrected chi connectivity index (χ1v) is 13.4. The molecule has 1 fully saturated rings. The van der Waals surface area contributed by atoms with Gasteiger partial charge < -0.3 is 20.7 Å². The number of nitrogens with two attached hydrogens (primary N) is 1. The van der Waals surface area contributed by atoms with Crippen molar-refractivity contribution in [3.63, 3.8) is 0 Å². The molecule has 0 aliphatic carbocycles. The van der Waals surface area contributed by atoms with Crippen molar-refractivity contribution < 1.29 is 27.1 Å². The number of nitrogens with one attached hydrogen (secondary N) is 1. The van der Waals surface area contributed by atoms with Crippen LogP contribution in [0.2, 0.25) is 5.02 Å². The SMILES string of the molecule is N[C@H]1CS(=O)(=O)c2cc(F)c(C(=O)NCCC3CCOCC3)cc2N(Cc2ccc(Cl)cc2)C1=O. The van der Waals surface area contributed by atoms with E-state index >= 15 is 0 Å². The highest BCUT2D eigenvalue weighted by Crippen LogP contribution is 2.34. The van der Waals surface area contributed by atoms with Gasteiger partial charge in [-0.15, -0.1) is 0 Å². The summed E-state index contributed by atoms with van der Waals surface area (Å²) in [7, 11) is -4.08. The molecule has 4 rings (SSSR count). The molecule has 0 bridgehead atoms. The Morgan fingerprint density at radius 3 is 2.57 bits per heavy atom. The molecule has 2 amide bonds. The van der Waals surface area contributed by atoms with E-state index in [1.807, 2.05) is 0 Å². The van der Waals surface area contributed by atoms with Crippen molar-refractivity contribution in [2.75, 3.05) is 30.4 Å². The summed E-state index contributed by atoms with van der Waals surface area (Å²) in [5.74, 6) is -2.54. The van der Waals surface area contributed by atoms with Crippen LogP contribution in [0, 0.1) is 11.7 Å². The summed E-state index contributed by atoms with van der Waals surface area (Å²) in [6, 6.07) is 7.24. The normalized spacial score (nSPS) is 20.3. The number of hydrogen-bond acceptors (Lipinski definition) is 6. The number of carbonyl (C=O) groups is 2. The van der Waals surface area contributed by atoms with E-state index in [-0.39, 0.29) is 22.7 Å². The van der Waals surface area contributed by atoms with Gasteiger partial charge in [0.2, 0.25) is 5.91 Å². The number of benzene rings is 2. The summed E-state index contributed by atoms with van der Waals surface area (Å²) in [4.78, 5) is 26.7. The molecule has 11 heteroatoms. The first-order valence-electron chi connectivity index (χ1n) is 11.4. The lowest BCUT2D eigenvalue weighted by Gasteiger charge is -2.25. The molecule has 2 heterocycles. The van der Waals surface area contributed by atoms with Gasteiger partial charge in [-0.2, -0.15) is 0 Å². The first kappa shape index (κ1) is 25.6. The predicted octanol–water partition coefficient (Wildman–Crippen LogP) is 2.67. The monoisotopic (exact) mass is 523 g/mol. The van der Waals surface area contributed by atoms with Crippen molar-refractivity contribution >= 4 is 38.9 Å². The summed E-state index contributed by atoms with van der Waals surface area (Å²) in [5.41, 5.74) is 6.15. The molecular weight excluding hydrogens is 497 g/mol. The Balaban J connectivity index is 1.65. The molecule has 3 N–H and O–H groups in total. The lowest BCUT2D eigenvalue weighted by atomic mass is 9.96. The van der Waals surface area contributed by atoms with Gasteiger partial charge in [-0.05, 0) is 55.0 Å².